The molecule has 0 fully saturated rings. The molecule has 0 bridgehead atoms. The second-order valence-corrected chi connectivity index (χ2v) is 10.8. The smallest absolute Gasteiger partial charge is 0.193 e. The van der Waals surface area contributed by atoms with Gasteiger partial charge in [0.25, 0.3) is 0 Å². The van der Waals surface area contributed by atoms with Gasteiger partial charge in [0.2, 0.25) is 0 Å². The van der Waals surface area contributed by atoms with E-state index >= 15 is 0 Å². The highest BCUT2D eigenvalue weighted by atomic mass is 28.4. The topological polar surface area (TPSA) is 53.1 Å². The fourth-order valence-electron chi connectivity index (χ4n) is 1.43. The molecule has 2 N–H and O–H groups in total. The third-order valence-corrected chi connectivity index (χ3v) is 8.09. The number of hydrogen-bond acceptors (Lipinski definition) is 3. The van der Waals surface area contributed by atoms with Crippen LogP contribution in [0.25, 0.3) is 0 Å². The van der Waals surface area contributed by atoms with Crippen LogP contribution < -0.4 is 5.73 Å². The molecule has 0 spiro atoms. The summed E-state index contributed by atoms with van der Waals surface area (Å²) < 4.78 is 8.28. The van der Waals surface area contributed by atoms with Crippen LogP contribution in [-0.2, 0) is 11.5 Å². The second-order valence-electron chi connectivity index (χ2n) is 6.00. The Morgan fingerprint density at radius 2 is 2.06 bits per heavy atom. The largest absolute Gasteiger partial charge is 0.405 e. The summed E-state index contributed by atoms with van der Waals surface area (Å²) in [5.74, 6) is 0.914. The maximum atomic E-state index is 6.31. The van der Waals surface area contributed by atoms with Gasteiger partial charge in [-0.15, -0.1) is 0 Å². The van der Waals surface area contributed by atoms with E-state index in [9.17, 15) is 0 Å². The maximum absolute atomic E-state index is 6.31. The molecule has 98 valence electrons. The lowest BCUT2D eigenvalue weighted by Gasteiger charge is -2.38. The van der Waals surface area contributed by atoms with Crippen LogP contribution >= 0.6 is 0 Å². The predicted octanol–water partition coefficient (Wildman–Crippen LogP) is 2.44. The molecule has 5 heteroatoms. The van der Waals surface area contributed by atoms with Crippen molar-refractivity contribution in [2.24, 2.45) is 12.8 Å². The van der Waals surface area contributed by atoms with Gasteiger partial charge in [-0.3, -0.25) is 0 Å². The lowest BCUT2D eigenvalue weighted by molar-refractivity contribution is 0.179. The van der Waals surface area contributed by atoms with Crippen molar-refractivity contribution < 1.29 is 4.43 Å². The highest BCUT2D eigenvalue weighted by Crippen LogP contribution is 2.39. The van der Waals surface area contributed by atoms with Gasteiger partial charge in [0.15, 0.2) is 8.32 Å². The highest BCUT2D eigenvalue weighted by Gasteiger charge is 2.39. The Hall–Kier alpha value is -0.653. The Balaban J connectivity index is 2.89. The molecule has 1 atom stereocenters. The summed E-state index contributed by atoms with van der Waals surface area (Å²) in [5.41, 5.74) is 5.83. The summed E-state index contributed by atoms with van der Waals surface area (Å²) in [5, 5.41) is 0.186. The molecule has 0 aromatic carbocycles. The Morgan fingerprint density at radius 1 is 1.47 bits per heavy atom. The standard InChI is InChI=1S/C12H25N3OSi/c1-12(2,3)17(5,6)16-10(9-13)11-14-7-8-15(11)4/h7-8,10H,9,13H2,1-6H3. The third-order valence-electron chi connectivity index (χ3n) is 3.60. The summed E-state index contributed by atoms with van der Waals surface area (Å²) in [6, 6.07) is 0. The van der Waals surface area contributed by atoms with Crippen LogP contribution in [0.3, 0.4) is 0 Å². The Bertz CT molecular complexity index is 368. The molecule has 0 radical (unpaired) electrons. The molecule has 0 saturated heterocycles. The molecule has 1 aromatic heterocycles. The van der Waals surface area contributed by atoms with Crippen molar-refractivity contribution in [3.8, 4) is 0 Å². The molecular formula is C12H25N3OSi. The normalized spacial score (nSPS) is 15.0. The van der Waals surface area contributed by atoms with Gasteiger partial charge in [-0.1, -0.05) is 20.8 Å². The van der Waals surface area contributed by atoms with Crippen molar-refractivity contribution in [3.63, 3.8) is 0 Å². The zero-order valence-corrected chi connectivity index (χ0v) is 12.8. The van der Waals surface area contributed by atoms with Crippen LogP contribution in [-0.4, -0.2) is 24.4 Å². The van der Waals surface area contributed by atoms with Gasteiger partial charge in [0.05, 0.1) is 0 Å². The van der Waals surface area contributed by atoms with Crippen LogP contribution in [0.4, 0.5) is 0 Å². The first kappa shape index (κ1) is 14.4. The fourth-order valence-corrected chi connectivity index (χ4v) is 2.69. The maximum Gasteiger partial charge on any atom is 0.193 e. The molecule has 1 aromatic rings. The summed E-state index contributed by atoms with van der Waals surface area (Å²) in [6.07, 6.45) is 3.61. The van der Waals surface area contributed by atoms with E-state index in [0.717, 1.165) is 5.82 Å². The predicted molar refractivity (Wildman–Crippen MR) is 73.3 cm³/mol. The Labute approximate surface area is 105 Å². The van der Waals surface area contributed by atoms with Crippen molar-refractivity contribution in [2.75, 3.05) is 6.54 Å². The van der Waals surface area contributed by atoms with E-state index in [2.05, 4.69) is 38.8 Å². The number of aromatic nitrogens is 2. The van der Waals surface area contributed by atoms with Gasteiger partial charge in [0, 0.05) is 26.0 Å². The summed E-state index contributed by atoms with van der Waals surface area (Å²) in [4.78, 5) is 4.33. The second kappa shape index (κ2) is 4.92. The number of imidazole rings is 1. The van der Waals surface area contributed by atoms with E-state index in [4.69, 9.17) is 10.2 Å². The van der Waals surface area contributed by atoms with Gasteiger partial charge in [-0.2, -0.15) is 0 Å². The van der Waals surface area contributed by atoms with E-state index in [0.29, 0.717) is 6.54 Å². The van der Waals surface area contributed by atoms with Crippen molar-refractivity contribution in [3.05, 3.63) is 18.2 Å². The van der Waals surface area contributed by atoms with E-state index in [-0.39, 0.29) is 11.1 Å². The number of nitrogens with two attached hydrogens (primary N) is 1. The van der Waals surface area contributed by atoms with Crippen LogP contribution in [0.15, 0.2) is 12.4 Å². The molecule has 0 aliphatic rings. The minimum Gasteiger partial charge on any atom is -0.405 e. The molecule has 4 nitrogen and oxygen atoms in total. The van der Waals surface area contributed by atoms with Gasteiger partial charge in [-0.05, 0) is 18.1 Å². The van der Waals surface area contributed by atoms with Crippen molar-refractivity contribution in [2.45, 2.75) is 45.0 Å². The summed E-state index contributed by atoms with van der Waals surface area (Å²) in [6.45, 7) is 11.6. The van der Waals surface area contributed by atoms with Crippen LogP contribution in [0.2, 0.25) is 18.1 Å². The molecule has 17 heavy (non-hydrogen) atoms. The molecule has 1 unspecified atom stereocenters. The van der Waals surface area contributed by atoms with Gasteiger partial charge in [-0.25, -0.2) is 4.98 Å². The SMILES string of the molecule is Cn1ccnc1C(CN)O[Si](C)(C)C(C)(C)C. The lowest BCUT2D eigenvalue weighted by Crippen LogP contribution is -2.43. The van der Waals surface area contributed by atoms with E-state index < -0.39 is 8.32 Å². The Kier molecular flexibility index (Phi) is 4.17. The molecule has 0 saturated carbocycles. The number of nitrogens with zero attached hydrogens (tertiary/aromatic N) is 2. The van der Waals surface area contributed by atoms with Gasteiger partial charge >= 0.3 is 0 Å². The third kappa shape index (κ3) is 3.17. The van der Waals surface area contributed by atoms with Crippen molar-refractivity contribution in [1.82, 2.24) is 9.55 Å². The van der Waals surface area contributed by atoms with Crippen LogP contribution in [0.1, 0.15) is 32.7 Å². The summed E-state index contributed by atoms with van der Waals surface area (Å²) >= 11 is 0. The molecule has 0 aliphatic heterocycles. The minimum atomic E-state index is -1.80. The average Bonchev–Trinajstić information content (AvgIpc) is 2.59. The average molecular weight is 255 g/mol. The van der Waals surface area contributed by atoms with Crippen molar-refractivity contribution >= 4 is 8.32 Å². The molecule has 1 rings (SSSR count). The van der Waals surface area contributed by atoms with Crippen LogP contribution in [0.5, 0.6) is 0 Å². The number of aryl methyl sites for hydroxylation is 1. The number of hydrogen-bond donors (Lipinski definition) is 1. The first-order valence-corrected chi connectivity index (χ1v) is 8.95. The first-order valence-electron chi connectivity index (χ1n) is 6.04. The first-order chi connectivity index (χ1) is 7.69. The quantitative estimate of drug-likeness (QED) is 0.841. The van der Waals surface area contributed by atoms with Crippen LogP contribution in [0, 0.1) is 0 Å². The summed E-state index contributed by atoms with van der Waals surface area (Å²) in [7, 11) is 0.171. The minimum absolute atomic E-state index is 0.101. The fraction of sp³-hybridized carbons (Fsp3) is 0.750. The highest BCUT2D eigenvalue weighted by molar-refractivity contribution is 6.74. The van der Waals surface area contributed by atoms with Crippen molar-refractivity contribution in [1.29, 1.82) is 0 Å². The van der Waals surface area contributed by atoms with E-state index in [1.165, 1.54) is 0 Å². The molecule has 0 amide bonds. The zero-order chi connectivity index (χ0) is 13.3. The molecule has 1 heterocycles. The molecular weight excluding hydrogens is 230 g/mol. The van der Waals surface area contributed by atoms with Gasteiger partial charge < -0.3 is 14.7 Å². The lowest BCUT2D eigenvalue weighted by atomic mass is 10.2. The van der Waals surface area contributed by atoms with E-state index in [1.807, 2.05) is 17.8 Å². The zero-order valence-electron chi connectivity index (χ0n) is 11.8. The van der Waals surface area contributed by atoms with Gasteiger partial charge in [0.1, 0.15) is 11.9 Å². The molecule has 0 aliphatic carbocycles. The number of rotatable bonds is 4. The monoisotopic (exact) mass is 255 g/mol. The van der Waals surface area contributed by atoms with E-state index in [1.54, 1.807) is 6.20 Å². The Morgan fingerprint density at radius 3 is 2.41 bits per heavy atom.